The predicted molar refractivity (Wildman–Crippen MR) is 49.8 cm³/mol. The Balaban J connectivity index is 3.21. The standard InChI is InChI=1S/C7H4Cl3NO/c8-4-2-1-3-5(9)6(4)7(12)11-10/h1-3H,(H,11,12). The molecule has 1 N–H and O–H groups in total. The second-order valence-electron chi connectivity index (χ2n) is 2.02. The Hall–Kier alpha value is -0.440. The first-order chi connectivity index (χ1) is 5.66. The molecular weight excluding hydrogens is 220 g/mol. The third-order valence-corrected chi connectivity index (χ3v) is 2.08. The maximum absolute atomic E-state index is 11.0. The van der Waals surface area contributed by atoms with Crippen LogP contribution in [0.1, 0.15) is 10.4 Å². The Morgan fingerprint density at radius 1 is 1.25 bits per heavy atom. The van der Waals surface area contributed by atoms with E-state index in [1.54, 1.807) is 18.2 Å². The average Bonchev–Trinajstić information content (AvgIpc) is 2.03. The smallest absolute Gasteiger partial charge is 0.268 e. The van der Waals surface area contributed by atoms with Crippen molar-refractivity contribution in [1.29, 1.82) is 0 Å². The molecule has 0 radical (unpaired) electrons. The molecule has 2 nitrogen and oxygen atoms in total. The Morgan fingerprint density at radius 2 is 1.75 bits per heavy atom. The summed E-state index contributed by atoms with van der Waals surface area (Å²) in [7, 11) is 0. The third-order valence-electron chi connectivity index (χ3n) is 1.28. The monoisotopic (exact) mass is 223 g/mol. The van der Waals surface area contributed by atoms with Crippen molar-refractivity contribution in [3.63, 3.8) is 0 Å². The van der Waals surface area contributed by atoms with Gasteiger partial charge in [-0.05, 0) is 12.1 Å². The van der Waals surface area contributed by atoms with E-state index < -0.39 is 5.91 Å². The van der Waals surface area contributed by atoms with Gasteiger partial charge in [0, 0.05) is 11.8 Å². The van der Waals surface area contributed by atoms with Gasteiger partial charge in [-0.25, -0.2) is 0 Å². The summed E-state index contributed by atoms with van der Waals surface area (Å²) >= 11 is 16.5. The topological polar surface area (TPSA) is 29.1 Å². The van der Waals surface area contributed by atoms with Gasteiger partial charge in [-0.3, -0.25) is 9.63 Å². The van der Waals surface area contributed by atoms with E-state index in [2.05, 4.69) is 0 Å². The van der Waals surface area contributed by atoms with Gasteiger partial charge in [0.2, 0.25) is 0 Å². The van der Waals surface area contributed by atoms with Crippen molar-refractivity contribution in [2.24, 2.45) is 0 Å². The highest BCUT2D eigenvalue weighted by Crippen LogP contribution is 2.23. The Morgan fingerprint density at radius 3 is 2.17 bits per heavy atom. The van der Waals surface area contributed by atoms with Gasteiger partial charge in [0.25, 0.3) is 5.91 Å². The Labute approximate surface area is 84.5 Å². The maximum Gasteiger partial charge on any atom is 0.268 e. The number of rotatable bonds is 1. The van der Waals surface area contributed by atoms with Crippen LogP contribution in [0.2, 0.25) is 10.0 Å². The van der Waals surface area contributed by atoms with Gasteiger partial charge in [0.15, 0.2) is 0 Å². The first kappa shape index (κ1) is 9.65. The molecule has 5 heteroatoms. The molecule has 12 heavy (non-hydrogen) atoms. The van der Waals surface area contributed by atoms with Crippen LogP contribution < -0.4 is 4.84 Å². The van der Waals surface area contributed by atoms with Crippen LogP contribution in [0.25, 0.3) is 0 Å². The van der Waals surface area contributed by atoms with Crippen LogP contribution in [0.3, 0.4) is 0 Å². The molecule has 0 bridgehead atoms. The summed E-state index contributed by atoms with van der Waals surface area (Å²) in [6, 6.07) is 4.78. The fraction of sp³-hybridized carbons (Fsp3) is 0. The molecule has 0 unspecified atom stereocenters. The molecule has 0 saturated heterocycles. The zero-order valence-corrected chi connectivity index (χ0v) is 8.04. The summed E-state index contributed by atoms with van der Waals surface area (Å²) < 4.78 is 0. The summed E-state index contributed by atoms with van der Waals surface area (Å²) in [4.78, 5) is 13.0. The highest BCUT2D eigenvalue weighted by Gasteiger charge is 2.12. The maximum atomic E-state index is 11.0. The van der Waals surface area contributed by atoms with Gasteiger partial charge in [0.1, 0.15) is 0 Å². The highest BCUT2D eigenvalue weighted by molar-refractivity contribution is 6.41. The number of carbonyl (C=O) groups is 1. The van der Waals surface area contributed by atoms with Crippen LogP contribution in [0, 0.1) is 0 Å². The van der Waals surface area contributed by atoms with Gasteiger partial charge in [-0.15, -0.1) is 0 Å². The minimum atomic E-state index is -0.507. The fourth-order valence-corrected chi connectivity index (χ4v) is 1.43. The highest BCUT2D eigenvalue weighted by atomic mass is 35.5. The summed E-state index contributed by atoms with van der Waals surface area (Å²) in [6.07, 6.45) is 0. The molecule has 1 aromatic carbocycles. The molecule has 64 valence electrons. The first-order valence-electron chi connectivity index (χ1n) is 3.02. The van der Waals surface area contributed by atoms with E-state index in [0.29, 0.717) is 0 Å². The molecule has 0 aliphatic rings. The van der Waals surface area contributed by atoms with Crippen molar-refractivity contribution < 1.29 is 4.79 Å². The zero-order chi connectivity index (χ0) is 9.14. The minimum absolute atomic E-state index is 0.191. The van der Waals surface area contributed by atoms with E-state index in [4.69, 9.17) is 35.0 Å². The molecule has 0 saturated carbocycles. The van der Waals surface area contributed by atoms with E-state index in [0.717, 1.165) is 0 Å². The predicted octanol–water partition coefficient (Wildman–Crippen LogP) is 2.88. The van der Waals surface area contributed by atoms with Gasteiger partial charge in [0.05, 0.1) is 15.6 Å². The molecule has 0 aliphatic carbocycles. The van der Waals surface area contributed by atoms with Crippen molar-refractivity contribution in [3.8, 4) is 0 Å². The van der Waals surface area contributed by atoms with Gasteiger partial charge < -0.3 is 0 Å². The molecule has 0 aromatic heterocycles. The molecule has 0 atom stereocenters. The van der Waals surface area contributed by atoms with Crippen molar-refractivity contribution in [2.45, 2.75) is 0 Å². The fourth-order valence-electron chi connectivity index (χ4n) is 0.762. The van der Waals surface area contributed by atoms with Crippen molar-refractivity contribution in [3.05, 3.63) is 33.8 Å². The normalized spacial score (nSPS) is 9.58. The largest absolute Gasteiger partial charge is 0.268 e. The van der Waals surface area contributed by atoms with Gasteiger partial charge >= 0.3 is 0 Å². The lowest BCUT2D eigenvalue weighted by atomic mass is 10.2. The summed E-state index contributed by atoms with van der Waals surface area (Å²) in [5.41, 5.74) is 0.191. The lowest BCUT2D eigenvalue weighted by molar-refractivity contribution is 0.0982. The van der Waals surface area contributed by atoms with Crippen molar-refractivity contribution >= 4 is 40.9 Å². The number of amides is 1. The first-order valence-corrected chi connectivity index (χ1v) is 4.15. The summed E-state index contributed by atoms with van der Waals surface area (Å²) in [6.45, 7) is 0. The van der Waals surface area contributed by atoms with E-state index in [1.807, 2.05) is 4.84 Å². The second kappa shape index (κ2) is 3.99. The van der Waals surface area contributed by atoms with E-state index >= 15 is 0 Å². The van der Waals surface area contributed by atoms with Crippen LogP contribution in [-0.2, 0) is 0 Å². The average molecular weight is 224 g/mol. The summed E-state index contributed by atoms with van der Waals surface area (Å²) in [5.74, 6) is -0.507. The van der Waals surface area contributed by atoms with E-state index in [9.17, 15) is 4.79 Å². The third kappa shape index (κ3) is 1.83. The SMILES string of the molecule is O=C(NCl)c1c(Cl)cccc1Cl. The number of nitrogens with one attached hydrogen (secondary N) is 1. The van der Waals surface area contributed by atoms with Crippen LogP contribution >= 0.6 is 35.0 Å². The molecule has 0 aliphatic heterocycles. The van der Waals surface area contributed by atoms with Gasteiger partial charge in [-0.1, -0.05) is 29.3 Å². The minimum Gasteiger partial charge on any atom is -0.268 e. The zero-order valence-electron chi connectivity index (χ0n) is 5.77. The lowest BCUT2D eigenvalue weighted by Crippen LogP contribution is -2.13. The lowest BCUT2D eigenvalue weighted by Gasteiger charge is -2.02. The molecule has 1 aromatic rings. The van der Waals surface area contributed by atoms with Crippen LogP contribution in [-0.4, -0.2) is 5.91 Å². The van der Waals surface area contributed by atoms with Gasteiger partial charge in [-0.2, -0.15) is 0 Å². The molecular formula is C7H4Cl3NO. The number of halogens is 3. The molecule has 0 heterocycles. The molecule has 0 fully saturated rings. The number of hydrogen-bond acceptors (Lipinski definition) is 1. The van der Waals surface area contributed by atoms with Crippen molar-refractivity contribution in [1.82, 2.24) is 4.84 Å². The quantitative estimate of drug-likeness (QED) is 0.730. The number of carbonyl (C=O) groups excluding carboxylic acids is 1. The van der Waals surface area contributed by atoms with Crippen LogP contribution in [0.5, 0.6) is 0 Å². The van der Waals surface area contributed by atoms with E-state index in [-0.39, 0.29) is 15.6 Å². The van der Waals surface area contributed by atoms with Crippen LogP contribution in [0.4, 0.5) is 0 Å². The second-order valence-corrected chi connectivity index (χ2v) is 3.02. The Bertz CT molecular complexity index is 293. The number of benzene rings is 1. The molecule has 0 spiro atoms. The van der Waals surface area contributed by atoms with E-state index in [1.165, 1.54) is 0 Å². The molecule has 1 rings (SSSR count). The summed E-state index contributed by atoms with van der Waals surface area (Å²) in [5, 5.41) is 0.557. The van der Waals surface area contributed by atoms with Crippen LogP contribution in [0.15, 0.2) is 18.2 Å². The number of hydrogen-bond donors (Lipinski definition) is 1. The van der Waals surface area contributed by atoms with Crippen molar-refractivity contribution in [2.75, 3.05) is 0 Å². The Kier molecular flexibility index (Phi) is 3.20. The molecule has 1 amide bonds.